The standard InChI is InChI=1S/C17H24N2.ClH/c1-11-3-12(2)19-16(11)10-18-17-7-13-4-14(8-17)6-15(5-13)9-17;/h3,10,13-15,18H,4-9H2,1-2H3;1H. The lowest BCUT2D eigenvalue weighted by molar-refractivity contribution is -0.0130. The zero-order valence-corrected chi connectivity index (χ0v) is 13.3. The third-order valence-corrected chi connectivity index (χ3v) is 5.68. The third kappa shape index (κ3) is 2.32. The second kappa shape index (κ2) is 4.91. The summed E-state index contributed by atoms with van der Waals surface area (Å²) in [5.41, 5.74) is 3.99. The molecule has 0 aromatic rings. The monoisotopic (exact) mass is 292 g/mol. The Morgan fingerprint density at radius 2 is 1.65 bits per heavy atom. The van der Waals surface area contributed by atoms with E-state index >= 15 is 0 Å². The van der Waals surface area contributed by atoms with Crippen molar-refractivity contribution in [2.75, 3.05) is 0 Å². The van der Waals surface area contributed by atoms with Gasteiger partial charge in [0.05, 0.1) is 5.70 Å². The molecule has 2 nitrogen and oxygen atoms in total. The minimum Gasteiger partial charge on any atom is -0.384 e. The van der Waals surface area contributed by atoms with Crippen LogP contribution in [0.1, 0.15) is 52.4 Å². The largest absolute Gasteiger partial charge is 0.384 e. The van der Waals surface area contributed by atoms with Gasteiger partial charge in [0.15, 0.2) is 0 Å². The summed E-state index contributed by atoms with van der Waals surface area (Å²) in [6.45, 7) is 4.24. The number of hydrogen-bond donors (Lipinski definition) is 1. The van der Waals surface area contributed by atoms with Crippen LogP contribution in [0, 0.1) is 17.8 Å². The molecular formula is C17H25ClN2. The van der Waals surface area contributed by atoms with Crippen molar-refractivity contribution in [1.82, 2.24) is 5.32 Å². The molecule has 4 bridgehead atoms. The summed E-state index contributed by atoms with van der Waals surface area (Å²) in [4.78, 5) is 4.61. The Bertz CT molecular complexity index is 466. The van der Waals surface area contributed by atoms with Crippen LogP contribution in [-0.4, -0.2) is 11.3 Å². The highest BCUT2D eigenvalue weighted by atomic mass is 35.5. The molecule has 0 spiro atoms. The second-order valence-corrected chi connectivity index (χ2v) is 7.45. The molecule has 0 aromatic heterocycles. The molecule has 0 atom stereocenters. The fourth-order valence-electron chi connectivity index (χ4n) is 5.35. The average Bonchev–Trinajstić information content (AvgIpc) is 2.64. The zero-order valence-electron chi connectivity index (χ0n) is 12.5. The van der Waals surface area contributed by atoms with Crippen LogP contribution in [0.2, 0.25) is 0 Å². The molecule has 20 heavy (non-hydrogen) atoms. The van der Waals surface area contributed by atoms with Crippen LogP contribution in [0.15, 0.2) is 28.5 Å². The molecule has 1 aliphatic heterocycles. The molecule has 4 aliphatic carbocycles. The molecule has 1 heterocycles. The normalized spacial score (nSPS) is 43.3. The van der Waals surface area contributed by atoms with E-state index in [1.165, 1.54) is 44.1 Å². The Morgan fingerprint density at radius 1 is 1.10 bits per heavy atom. The number of aliphatic imine (C=N–C) groups is 1. The van der Waals surface area contributed by atoms with E-state index in [0.717, 1.165) is 29.2 Å². The molecule has 0 unspecified atom stereocenters. The van der Waals surface area contributed by atoms with Crippen LogP contribution in [0.4, 0.5) is 0 Å². The molecule has 0 amide bonds. The van der Waals surface area contributed by atoms with Gasteiger partial charge in [0.25, 0.3) is 0 Å². The molecule has 0 aromatic carbocycles. The van der Waals surface area contributed by atoms with Gasteiger partial charge in [-0.05, 0) is 81.8 Å². The highest BCUT2D eigenvalue weighted by Gasteiger charge is 2.50. The Morgan fingerprint density at radius 3 is 2.10 bits per heavy atom. The zero-order chi connectivity index (χ0) is 13.0. The summed E-state index contributed by atoms with van der Waals surface area (Å²) in [6, 6.07) is 0. The quantitative estimate of drug-likeness (QED) is 0.809. The van der Waals surface area contributed by atoms with Gasteiger partial charge in [-0.2, -0.15) is 0 Å². The maximum atomic E-state index is 4.61. The van der Waals surface area contributed by atoms with Crippen molar-refractivity contribution in [1.29, 1.82) is 0 Å². The van der Waals surface area contributed by atoms with E-state index in [0.29, 0.717) is 5.54 Å². The van der Waals surface area contributed by atoms with E-state index in [2.05, 4.69) is 36.4 Å². The van der Waals surface area contributed by atoms with Crippen LogP contribution in [-0.2, 0) is 0 Å². The molecule has 1 N–H and O–H groups in total. The van der Waals surface area contributed by atoms with Gasteiger partial charge in [0.2, 0.25) is 0 Å². The number of nitrogens with one attached hydrogen (secondary N) is 1. The van der Waals surface area contributed by atoms with E-state index < -0.39 is 0 Å². The lowest BCUT2D eigenvalue weighted by Crippen LogP contribution is -2.57. The van der Waals surface area contributed by atoms with E-state index in [1.807, 2.05) is 0 Å². The lowest BCUT2D eigenvalue weighted by Gasteiger charge is -2.57. The van der Waals surface area contributed by atoms with E-state index in [1.54, 1.807) is 0 Å². The summed E-state index contributed by atoms with van der Waals surface area (Å²) >= 11 is 0. The lowest BCUT2D eigenvalue weighted by atomic mass is 9.53. The maximum Gasteiger partial charge on any atom is 0.0819 e. The molecule has 4 fully saturated rings. The highest BCUT2D eigenvalue weighted by Crippen LogP contribution is 2.55. The summed E-state index contributed by atoms with van der Waals surface area (Å²) in [7, 11) is 0. The van der Waals surface area contributed by atoms with Crippen molar-refractivity contribution in [3.05, 3.63) is 23.5 Å². The highest BCUT2D eigenvalue weighted by molar-refractivity contribution is 5.97. The Hall–Kier alpha value is -0.760. The SMILES string of the molecule is CC1=CC(C)=NC1=CNC12CC3CC(CC(C3)C1)C2.Cl. The van der Waals surface area contributed by atoms with Crippen molar-refractivity contribution in [2.24, 2.45) is 22.7 Å². The maximum absolute atomic E-state index is 4.61. The third-order valence-electron chi connectivity index (χ3n) is 5.68. The first-order valence-electron chi connectivity index (χ1n) is 7.84. The number of rotatable bonds is 2. The Balaban J connectivity index is 0.00000121. The molecule has 110 valence electrons. The summed E-state index contributed by atoms with van der Waals surface area (Å²) < 4.78 is 0. The van der Waals surface area contributed by atoms with Gasteiger partial charge in [-0.3, -0.25) is 4.99 Å². The van der Waals surface area contributed by atoms with Gasteiger partial charge in [0, 0.05) is 17.5 Å². The molecule has 5 rings (SSSR count). The smallest absolute Gasteiger partial charge is 0.0819 e. The van der Waals surface area contributed by atoms with Crippen LogP contribution in [0.5, 0.6) is 0 Å². The Labute approximate surface area is 128 Å². The van der Waals surface area contributed by atoms with Gasteiger partial charge in [-0.15, -0.1) is 12.4 Å². The van der Waals surface area contributed by atoms with Crippen LogP contribution >= 0.6 is 12.4 Å². The van der Waals surface area contributed by atoms with Gasteiger partial charge in [-0.25, -0.2) is 0 Å². The van der Waals surface area contributed by atoms with Gasteiger partial charge in [-0.1, -0.05) is 0 Å². The average molecular weight is 293 g/mol. The van der Waals surface area contributed by atoms with Gasteiger partial charge >= 0.3 is 0 Å². The second-order valence-electron chi connectivity index (χ2n) is 7.45. The summed E-state index contributed by atoms with van der Waals surface area (Å²) in [6.07, 6.45) is 13.1. The fourth-order valence-corrected chi connectivity index (χ4v) is 5.35. The number of nitrogens with zero attached hydrogens (tertiary/aromatic N) is 1. The molecule has 3 heteroatoms. The number of halogens is 1. The van der Waals surface area contributed by atoms with Crippen LogP contribution < -0.4 is 5.32 Å². The minimum atomic E-state index is 0. The predicted molar refractivity (Wildman–Crippen MR) is 86.2 cm³/mol. The summed E-state index contributed by atoms with van der Waals surface area (Å²) in [5, 5.41) is 3.81. The Kier molecular flexibility index (Phi) is 3.48. The topological polar surface area (TPSA) is 24.4 Å². The van der Waals surface area contributed by atoms with Crippen molar-refractivity contribution in [3.8, 4) is 0 Å². The minimum absolute atomic E-state index is 0. The number of allylic oxidation sites excluding steroid dienone is 2. The van der Waals surface area contributed by atoms with Crippen LogP contribution in [0.3, 0.4) is 0 Å². The van der Waals surface area contributed by atoms with E-state index in [4.69, 9.17) is 0 Å². The first kappa shape index (κ1) is 14.2. The first-order valence-corrected chi connectivity index (χ1v) is 7.84. The van der Waals surface area contributed by atoms with Crippen LogP contribution in [0.25, 0.3) is 0 Å². The predicted octanol–water partition coefficient (Wildman–Crippen LogP) is 4.23. The molecule has 5 aliphatic rings. The van der Waals surface area contributed by atoms with Crippen molar-refractivity contribution in [2.45, 2.75) is 57.9 Å². The van der Waals surface area contributed by atoms with Crippen molar-refractivity contribution < 1.29 is 0 Å². The molecule has 0 saturated heterocycles. The van der Waals surface area contributed by atoms with Crippen molar-refractivity contribution >= 4 is 18.1 Å². The van der Waals surface area contributed by atoms with Gasteiger partial charge in [0.1, 0.15) is 0 Å². The van der Waals surface area contributed by atoms with Crippen molar-refractivity contribution in [3.63, 3.8) is 0 Å². The molecule has 0 radical (unpaired) electrons. The van der Waals surface area contributed by atoms with E-state index in [-0.39, 0.29) is 12.4 Å². The van der Waals surface area contributed by atoms with Gasteiger partial charge < -0.3 is 5.32 Å². The van der Waals surface area contributed by atoms with E-state index in [9.17, 15) is 0 Å². The summed E-state index contributed by atoms with van der Waals surface area (Å²) in [5.74, 6) is 3.01. The molecular weight excluding hydrogens is 268 g/mol. The first-order chi connectivity index (χ1) is 9.12. The molecule has 4 saturated carbocycles. The fraction of sp³-hybridized carbons (Fsp3) is 0.706. The number of hydrogen-bond acceptors (Lipinski definition) is 2.